The molecule has 0 saturated carbocycles. The molecule has 2 saturated heterocycles. The van der Waals surface area contributed by atoms with Crippen LogP contribution in [0.1, 0.15) is 30.9 Å². The normalized spacial score (nSPS) is 24.8. The Kier molecular flexibility index (Phi) is 7.60. The minimum atomic E-state index is -2.26. The molecule has 0 bridgehead atoms. The van der Waals surface area contributed by atoms with Gasteiger partial charge < -0.3 is 29.1 Å². The first-order valence-electron chi connectivity index (χ1n) is 15.0. The van der Waals surface area contributed by atoms with E-state index in [0.717, 1.165) is 28.3 Å². The quantitative estimate of drug-likeness (QED) is 0.286. The fourth-order valence-corrected chi connectivity index (χ4v) is 11.6. The van der Waals surface area contributed by atoms with Crippen molar-refractivity contribution in [2.24, 2.45) is 5.92 Å². The Balaban J connectivity index is 1.41. The Morgan fingerprint density at radius 1 is 1.00 bits per heavy atom. The van der Waals surface area contributed by atoms with Crippen LogP contribution in [0.4, 0.5) is 11.4 Å². The molecule has 6 rings (SSSR count). The third kappa shape index (κ3) is 4.65. The number of carbonyl (C=O) groups is 2. The molecule has 1 spiro atoms. The number of anilines is 2. The highest BCUT2D eigenvalue weighted by Crippen LogP contribution is 2.60. The fourth-order valence-electron chi connectivity index (χ4n) is 7.57. The zero-order valence-electron chi connectivity index (χ0n) is 25.5. The topological polar surface area (TPSA) is 88.5 Å². The first-order chi connectivity index (χ1) is 20.6. The maximum absolute atomic E-state index is 14.8. The summed E-state index contributed by atoms with van der Waals surface area (Å²) in [6.07, 6.45) is 0.711. The smallest absolute Gasteiger partial charge is 0.264 e. The van der Waals surface area contributed by atoms with Gasteiger partial charge in [-0.05, 0) is 60.0 Å². The minimum Gasteiger partial charge on any atom is -0.497 e. The van der Waals surface area contributed by atoms with Crippen molar-refractivity contribution in [2.75, 3.05) is 37.2 Å². The number of fused-ring (bicyclic) bond motifs is 2. The van der Waals surface area contributed by atoms with Crippen LogP contribution in [-0.2, 0) is 26.5 Å². The number of rotatable bonds is 9. The zero-order valence-corrected chi connectivity index (χ0v) is 26.5. The van der Waals surface area contributed by atoms with Gasteiger partial charge in [0, 0.05) is 36.7 Å². The molecular formula is C34H40N2O6Si. The third-order valence-electron chi connectivity index (χ3n) is 9.87. The van der Waals surface area contributed by atoms with E-state index in [-0.39, 0.29) is 36.0 Å². The Labute approximate surface area is 254 Å². The summed E-state index contributed by atoms with van der Waals surface area (Å²) in [7, 11) is 1.03. The molecule has 0 radical (unpaired) electrons. The van der Waals surface area contributed by atoms with Gasteiger partial charge in [-0.25, -0.2) is 0 Å². The lowest BCUT2D eigenvalue weighted by Crippen LogP contribution is -2.51. The second-order valence-electron chi connectivity index (χ2n) is 12.4. The zero-order chi connectivity index (χ0) is 30.5. The number of amides is 2. The predicted molar refractivity (Wildman–Crippen MR) is 169 cm³/mol. The van der Waals surface area contributed by atoms with Crippen LogP contribution >= 0.6 is 0 Å². The van der Waals surface area contributed by atoms with E-state index in [2.05, 4.69) is 32.2 Å². The van der Waals surface area contributed by atoms with E-state index >= 15 is 0 Å². The standard InChI is InChI=1S/C34H40N2O6Si/c1-22-32(43(4,5)27-12-9-25(40-2)10-13-27)30(16-18-37)42-34(22)28-20-26(41-3)11-14-29(28)36(33(34)39)21-23-7-6-8-24(19-23)35-17-15-31(35)38/h6-14,19-20,22,30,32,37H,15-18,21H2,1-5H3/t22-,30+,32-,34+/m0/s1. The summed E-state index contributed by atoms with van der Waals surface area (Å²) >= 11 is 0. The van der Waals surface area contributed by atoms with Gasteiger partial charge in [0.05, 0.1) is 40.6 Å². The summed E-state index contributed by atoms with van der Waals surface area (Å²) in [6, 6.07) is 21.9. The largest absolute Gasteiger partial charge is 0.497 e. The summed E-state index contributed by atoms with van der Waals surface area (Å²) < 4.78 is 18.0. The van der Waals surface area contributed by atoms with Crippen LogP contribution in [0.25, 0.3) is 0 Å². The lowest BCUT2D eigenvalue weighted by Gasteiger charge is -2.37. The molecule has 3 heterocycles. The second kappa shape index (κ2) is 11.1. The van der Waals surface area contributed by atoms with E-state index in [1.54, 1.807) is 19.1 Å². The van der Waals surface area contributed by atoms with Crippen molar-refractivity contribution in [1.29, 1.82) is 0 Å². The highest BCUT2D eigenvalue weighted by atomic mass is 28.3. The van der Waals surface area contributed by atoms with Gasteiger partial charge in [0.1, 0.15) is 11.5 Å². The van der Waals surface area contributed by atoms with Gasteiger partial charge in [-0.3, -0.25) is 9.59 Å². The summed E-state index contributed by atoms with van der Waals surface area (Å²) in [5, 5.41) is 11.4. The average molecular weight is 601 g/mol. The molecular weight excluding hydrogens is 560 g/mol. The molecule has 9 heteroatoms. The van der Waals surface area contributed by atoms with Crippen molar-refractivity contribution in [3.8, 4) is 11.5 Å². The van der Waals surface area contributed by atoms with Crippen LogP contribution in [0.15, 0.2) is 66.7 Å². The van der Waals surface area contributed by atoms with Crippen molar-refractivity contribution in [3.05, 3.63) is 77.9 Å². The maximum atomic E-state index is 14.8. The number of methoxy groups -OCH3 is 2. The molecule has 0 aliphatic carbocycles. The molecule has 3 aliphatic rings. The monoisotopic (exact) mass is 600 g/mol. The van der Waals surface area contributed by atoms with E-state index in [1.165, 1.54) is 5.19 Å². The number of carbonyl (C=O) groups excluding carboxylic acids is 2. The Morgan fingerprint density at radius 2 is 1.72 bits per heavy atom. The predicted octanol–water partition coefficient (Wildman–Crippen LogP) is 4.59. The summed E-state index contributed by atoms with van der Waals surface area (Å²) in [5.74, 6) is 1.32. The molecule has 3 aromatic carbocycles. The van der Waals surface area contributed by atoms with Gasteiger partial charge in [-0.15, -0.1) is 0 Å². The minimum absolute atomic E-state index is 0.0258. The number of aliphatic hydroxyl groups excluding tert-OH is 1. The number of hydrogen-bond acceptors (Lipinski definition) is 6. The van der Waals surface area contributed by atoms with E-state index in [0.29, 0.717) is 31.7 Å². The SMILES string of the molecule is COc1ccc([Si](C)(C)[C@@H]2[C@@H](CCO)O[C@]3(C(=O)N(Cc4cccc(N5CCC5=O)c4)c4ccc(OC)cc43)[C@H]2C)cc1. The van der Waals surface area contributed by atoms with E-state index in [1.807, 2.05) is 59.5 Å². The Hall–Kier alpha value is -3.66. The van der Waals surface area contributed by atoms with Crippen molar-refractivity contribution >= 4 is 36.4 Å². The van der Waals surface area contributed by atoms with Crippen LogP contribution in [0.2, 0.25) is 18.6 Å². The third-order valence-corrected chi connectivity index (χ3v) is 14.2. The highest BCUT2D eigenvalue weighted by molar-refractivity contribution is 6.91. The Morgan fingerprint density at radius 3 is 2.35 bits per heavy atom. The molecule has 0 aromatic heterocycles. The summed E-state index contributed by atoms with van der Waals surface area (Å²) in [4.78, 5) is 30.5. The van der Waals surface area contributed by atoms with Gasteiger partial charge in [-0.1, -0.05) is 49.5 Å². The molecule has 43 heavy (non-hydrogen) atoms. The number of β-lactam (4-membered cyclic amide) rings is 1. The van der Waals surface area contributed by atoms with Gasteiger partial charge in [0.25, 0.3) is 5.91 Å². The number of benzene rings is 3. The molecule has 2 fully saturated rings. The van der Waals surface area contributed by atoms with E-state index in [4.69, 9.17) is 14.2 Å². The Bertz CT molecular complexity index is 1540. The number of ether oxygens (including phenoxy) is 3. The van der Waals surface area contributed by atoms with Gasteiger partial charge in [0.2, 0.25) is 5.91 Å². The molecule has 3 aliphatic heterocycles. The number of hydrogen-bond donors (Lipinski definition) is 1. The molecule has 226 valence electrons. The first kappa shape index (κ1) is 29.4. The van der Waals surface area contributed by atoms with Crippen molar-refractivity contribution < 1.29 is 28.9 Å². The lowest BCUT2D eigenvalue weighted by atomic mass is 9.82. The molecule has 0 unspecified atom stereocenters. The van der Waals surface area contributed by atoms with Crippen LogP contribution in [0.5, 0.6) is 11.5 Å². The van der Waals surface area contributed by atoms with Crippen LogP contribution in [0, 0.1) is 5.92 Å². The average Bonchev–Trinajstić information content (AvgIpc) is 3.43. The molecule has 2 amide bonds. The van der Waals surface area contributed by atoms with Crippen LogP contribution in [0.3, 0.4) is 0 Å². The highest BCUT2D eigenvalue weighted by Gasteiger charge is 2.66. The van der Waals surface area contributed by atoms with Crippen LogP contribution in [-0.4, -0.2) is 58.5 Å². The lowest BCUT2D eigenvalue weighted by molar-refractivity contribution is -0.146. The van der Waals surface area contributed by atoms with Gasteiger partial charge >= 0.3 is 0 Å². The second-order valence-corrected chi connectivity index (χ2v) is 17.1. The van der Waals surface area contributed by atoms with Crippen LogP contribution < -0.4 is 24.5 Å². The van der Waals surface area contributed by atoms with Crippen molar-refractivity contribution in [2.45, 2.75) is 56.7 Å². The summed E-state index contributed by atoms with van der Waals surface area (Å²) in [5.41, 5.74) is 2.24. The molecule has 4 atom stereocenters. The van der Waals surface area contributed by atoms with E-state index in [9.17, 15) is 14.7 Å². The number of nitrogens with zero attached hydrogens (tertiary/aromatic N) is 2. The maximum Gasteiger partial charge on any atom is 0.264 e. The summed E-state index contributed by atoms with van der Waals surface area (Å²) in [6.45, 7) is 7.83. The molecule has 3 aromatic rings. The molecule has 1 N–H and O–H groups in total. The van der Waals surface area contributed by atoms with E-state index < -0.39 is 13.7 Å². The van der Waals surface area contributed by atoms with Crippen molar-refractivity contribution in [3.63, 3.8) is 0 Å². The van der Waals surface area contributed by atoms with Crippen molar-refractivity contribution in [1.82, 2.24) is 0 Å². The van der Waals surface area contributed by atoms with Gasteiger partial charge in [0.15, 0.2) is 5.60 Å². The first-order valence-corrected chi connectivity index (χ1v) is 18.1. The fraction of sp³-hybridized carbons (Fsp3) is 0.412. The number of aliphatic hydroxyl groups is 1. The molecule has 8 nitrogen and oxygen atoms in total. The van der Waals surface area contributed by atoms with Gasteiger partial charge in [-0.2, -0.15) is 0 Å².